The van der Waals surface area contributed by atoms with Crippen LogP contribution in [0.1, 0.15) is 0 Å². The fraction of sp³-hybridized carbons (Fsp3) is 0.167. The number of nitrogens with zero attached hydrogens (tertiary/aromatic N) is 1. The molecule has 0 unspecified atom stereocenters. The number of pyridine rings is 1. The second-order valence-corrected chi connectivity index (χ2v) is 2.16. The highest BCUT2D eigenvalue weighted by Crippen LogP contribution is 2.04. The first-order chi connectivity index (χ1) is 4.83. The van der Waals surface area contributed by atoms with Gasteiger partial charge in [-0.1, -0.05) is 11.6 Å². The molecule has 0 atom stereocenters. The standard InChI is InChI=1S/C6H7ClN2O/c1-10-9-5-2-3-6(7)8-4-5/h2-4,9H,1H3/p+1. The molecule has 1 aromatic rings. The maximum absolute atomic E-state index is 5.55. The summed E-state index contributed by atoms with van der Waals surface area (Å²) in [6.07, 6.45) is 1.64. The molecule has 0 radical (unpaired) electrons. The van der Waals surface area contributed by atoms with Crippen molar-refractivity contribution >= 4 is 17.3 Å². The number of quaternary nitrogens is 1. The van der Waals surface area contributed by atoms with Crippen LogP contribution in [0.15, 0.2) is 18.3 Å². The van der Waals surface area contributed by atoms with Crippen LogP contribution in [0.3, 0.4) is 0 Å². The topological polar surface area (TPSA) is 38.7 Å². The van der Waals surface area contributed by atoms with E-state index in [2.05, 4.69) is 4.98 Å². The van der Waals surface area contributed by atoms with Gasteiger partial charge in [0, 0.05) is 6.07 Å². The molecule has 10 heavy (non-hydrogen) atoms. The normalized spacial score (nSPS) is 9.80. The van der Waals surface area contributed by atoms with Crippen LogP contribution in [0.2, 0.25) is 5.15 Å². The maximum Gasteiger partial charge on any atom is 0.180 e. The number of halogens is 1. The van der Waals surface area contributed by atoms with Gasteiger partial charge in [0.2, 0.25) is 0 Å². The summed E-state index contributed by atoms with van der Waals surface area (Å²) in [5.74, 6) is 0. The highest BCUT2D eigenvalue weighted by molar-refractivity contribution is 6.29. The summed E-state index contributed by atoms with van der Waals surface area (Å²) in [6, 6.07) is 3.55. The quantitative estimate of drug-likeness (QED) is 0.504. The van der Waals surface area contributed by atoms with Gasteiger partial charge in [0.25, 0.3) is 0 Å². The molecule has 0 aliphatic carbocycles. The van der Waals surface area contributed by atoms with Crippen molar-refractivity contribution in [2.24, 2.45) is 0 Å². The van der Waals surface area contributed by atoms with Crippen LogP contribution in [0.4, 0.5) is 5.69 Å². The summed E-state index contributed by atoms with van der Waals surface area (Å²) in [4.78, 5) is 8.61. The van der Waals surface area contributed by atoms with E-state index in [1.165, 1.54) is 0 Å². The Balaban J connectivity index is 2.69. The highest BCUT2D eigenvalue weighted by atomic mass is 35.5. The third-order valence-electron chi connectivity index (χ3n) is 1.00. The molecule has 0 aliphatic heterocycles. The van der Waals surface area contributed by atoms with E-state index >= 15 is 0 Å². The Labute approximate surface area is 63.9 Å². The van der Waals surface area contributed by atoms with E-state index in [-0.39, 0.29) is 0 Å². The lowest BCUT2D eigenvalue weighted by Crippen LogP contribution is -2.75. The van der Waals surface area contributed by atoms with E-state index in [1.54, 1.807) is 24.9 Å². The summed E-state index contributed by atoms with van der Waals surface area (Å²) in [7, 11) is 1.59. The molecule has 0 amide bonds. The minimum atomic E-state index is 0.494. The van der Waals surface area contributed by atoms with Crippen LogP contribution in [0.5, 0.6) is 0 Å². The van der Waals surface area contributed by atoms with Gasteiger partial charge < -0.3 is 0 Å². The number of nitrogens with two attached hydrogens (primary N) is 1. The lowest BCUT2D eigenvalue weighted by molar-refractivity contribution is -0.830. The predicted octanol–water partition coefficient (Wildman–Crippen LogP) is 0.491. The minimum Gasteiger partial charge on any atom is -0.238 e. The second kappa shape index (κ2) is 3.51. The Morgan fingerprint density at radius 3 is 2.90 bits per heavy atom. The van der Waals surface area contributed by atoms with Crippen molar-refractivity contribution in [3.8, 4) is 0 Å². The van der Waals surface area contributed by atoms with Crippen LogP contribution in [-0.2, 0) is 4.84 Å². The summed E-state index contributed by atoms with van der Waals surface area (Å²) < 4.78 is 0. The first kappa shape index (κ1) is 7.47. The average molecular weight is 160 g/mol. The van der Waals surface area contributed by atoms with Crippen LogP contribution >= 0.6 is 11.6 Å². The van der Waals surface area contributed by atoms with Crippen molar-refractivity contribution in [3.05, 3.63) is 23.5 Å². The Morgan fingerprint density at radius 1 is 1.60 bits per heavy atom. The fourth-order valence-electron chi connectivity index (χ4n) is 0.593. The molecular weight excluding hydrogens is 152 g/mol. The number of rotatable bonds is 2. The average Bonchev–Trinajstić information content (AvgIpc) is 1.95. The molecule has 1 rings (SSSR count). The predicted molar refractivity (Wildman–Crippen MR) is 37.8 cm³/mol. The van der Waals surface area contributed by atoms with Gasteiger partial charge in [-0.2, -0.15) is 5.48 Å². The zero-order valence-corrected chi connectivity index (χ0v) is 6.30. The van der Waals surface area contributed by atoms with E-state index in [4.69, 9.17) is 16.4 Å². The van der Waals surface area contributed by atoms with Crippen LogP contribution in [0, 0.1) is 0 Å². The van der Waals surface area contributed by atoms with Gasteiger partial charge in [-0.05, 0) is 6.07 Å². The van der Waals surface area contributed by atoms with E-state index in [9.17, 15) is 0 Å². The number of hydrogen-bond acceptors (Lipinski definition) is 2. The molecule has 2 N–H and O–H groups in total. The molecular formula is C6H8ClN2O+. The first-order valence-electron chi connectivity index (χ1n) is 2.80. The molecule has 4 heteroatoms. The molecule has 0 saturated carbocycles. The van der Waals surface area contributed by atoms with E-state index in [1.807, 2.05) is 6.07 Å². The zero-order chi connectivity index (χ0) is 7.40. The summed E-state index contributed by atoms with van der Waals surface area (Å²) in [5, 5.41) is 0.494. The van der Waals surface area contributed by atoms with E-state index < -0.39 is 0 Å². The molecule has 1 heterocycles. The molecule has 0 spiro atoms. The smallest absolute Gasteiger partial charge is 0.180 e. The molecule has 0 bridgehead atoms. The highest BCUT2D eigenvalue weighted by Gasteiger charge is 1.94. The van der Waals surface area contributed by atoms with Crippen molar-refractivity contribution < 1.29 is 10.3 Å². The van der Waals surface area contributed by atoms with Crippen LogP contribution in [-0.4, -0.2) is 12.1 Å². The third-order valence-corrected chi connectivity index (χ3v) is 1.23. The van der Waals surface area contributed by atoms with Gasteiger partial charge in [0.1, 0.15) is 5.15 Å². The largest absolute Gasteiger partial charge is 0.238 e. The molecule has 54 valence electrons. The Bertz CT molecular complexity index is 199. The van der Waals surface area contributed by atoms with Gasteiger partial charge in [0.15, 0.2) is 5.69 Å². The van der Waals surface area contributed by atoms with Crippen molar-refractivity contribution in [3.63, 3.8) is 0 Å². The van der Waals surface area contributed by atoms with Crippen molar-refractivity contribution in [2.75, 3.05) is 7.11 Å². The summed E-state index contributed by atoms with van der Waals surface area (Å²) in [5.41, 5.74) is 2.51. The fourth-order valence-corrected chi connectivity index (χ4v) is 0.705. The number of hydrogen-bond donors (Lipinski definition) is 1. The van der Waals surface area contributed by atoms with Crippen molar-refractivity contribution in [2.45, 2.75) is 0 Å². The lowest BCUT2D eigenvalue weighted by atomic mass is 10.4. The monoisotopic (exact) mass is 159 g/mol. The van der Waals surface area contributed by atoms with E-state index in [0.29, 0.717) is 5.15 Å². The molecule has 0 aliphatic rings. The molecule has 0 saturated heterocycles. The maximum atomic E-state index is 5.55. The summed E-state index contributed by atoms with van der Waals surface area (Å²) in [6.45, 7) is 0. The van der Waals surface area contributed by atoms with Gasteiger partial charge in [0.05, 0.1) is 13.3 Å². The second-order valence-electron chi connectivity index (χ2n) is 1.77. The summed E-state index contributed by atoms with van der Waals surface area (Å²) >= 11 is 5.55. The number of aromatic nitrogens is 1. The zero-order valence-electron chi connectivity index (χ0n) is 5.54. The molecule has 1 aromatic heterocycles. The van der Waals surface area contributed by atoms with Crippen LogP contribution in [0.25, 0.3) is 0 Å². The lowest BCUT2D eigenvalue weighted by Gasteiger charge is -1.93. The first-order valence-corrected chi connectivity index (χ1v) is 3.18. The van der Waals surface area contributed by atoms with Gasteiger partial charge in [-0.3, -0.25) is 0 Å². The van der Waals surface area contributed by atoms with E-state index in [0.717, 1.165) is 5.69 Å². The van der Waals surface area contributed by atoms with Crippen molar-refractivity contribution in [1.29, 1.82) is 0 Å². The Morgan fingerprint density at radius 2 is 2.40 bits per heavy atom. The SMILES string of the molecule is CO[NH2+]c1ccc(Cl)nc1. The molecule has 0 fully saturated rings. The van der Waals surface area contributed by atoms with Crippen LogP contribution < -0.4 is 5.48 Å². The molecule has 0 aromatic carbocycles. The van der Waals surface area contributed by atoms with Gasteiger partial charge in [-0.15, -0.1) is 0 Å². The minimum absolute atomic E-state index is 0.494. The molecule has 3 nitrogen and oxygen atoms in total. The third kappa shape index (κ3) is 1.95. The van der Waals surface area contributed by atoms with Gasteiger partial charge >= 0.3 is 0 Å². The Kier molecular flexibility index (Phi) is 2.62. The van der Waals surface area contributed by atoms with Gasteiger partial charge in [-0.25, -0.2) is 9.82 Å². The Hall–Kier alpha value is -0.640. The van der Waals surface area contributed by atoms with Crippen molar-refractivity contribution in [1.82, 2.24) is 4.98 Å².